The van der Waals surface area contributed by atoms with Gasteiger partial charge in [0.2, 0.25) is 5.91 Å². The Morgan fingerprint density at radius 1 is 1.43 bits per heavy atom. The Morgan fingerprint density at radius 3 is 2.67 bits per heavy atom. The molecular weight excluding hydrogens is 268 g/mol. The highest BCUT2D eigenvalue weighted by Crippen LogP contribution is 2.19. The second-order valence-electron chi connectivity index (χ2n) is 5.99. The minimum Gasteiger partial charge on any atom is -0.496 e. The molecule has 1 aromatic carbocycles. The van der Waals surface area contributed by atoms with E-state index in [2.05, 4.69) is 5.32 Å². The van der Waals surface area contributed by atoms with Crippen LogP contribution in [-0.4, -0.2) is 55.8 Å². The maximum absolute atomic E-state index is 12.0. The summed E-state index contributed by atoms with van der Waals surface area (Å²) in [7, 11) is 5.38. The second-order valence-corrected chi connectivity index (χ2v) is 5.99. The van der Waals surface area contributed by atoms with Crippen LogP contribution in [0.15, 0.2) is 18.2 Å². The maximum Gasteiger partial charge on any atom is 0.224 e. The average Bonchev–Trinajstić information content (AvgIpc) is 2.37. The molecule has 1 atom stereocenters. The number of rotatable bonds is 7. The van der Waals surface area contributed by atoms with E-state index in [9.17, 15) is 9.90 Å². The van der Waals surface area contributed by atoms with E-state index >= 15 is 0 Å². The van der Waals surface area contributed by atoms with Crippen LogP contribution in [0.1, 0.15) is 18.1 Å². The molecule has 0 radical (unpaired) electrons. The lowest BCUT2D eigenvalue weighted by atomic mass is 10.1. The van der Waals surface area contributed by atoms with Gasteiger partial charge in [-0.15, -0.1) is 0 Å². The van der Waals surface area contributed by atoms with E-state index in [1.807, 2.05) is 44.1 Å². The van der Waals surface area contributed by atoms with Gasteiger partial charge in [0.1, 0.15) is 5.75 Å². The van der Waals surface area contributed by atoms with Crippen molar-refractivity contribution in [3.8, 4) is 5.75 Å². The molecule has 5 nitrogen and oxygen atoms in total. The van der Waals surface area contributed by atoms with Crippen LogP contribution in [0.25, 0.3) is 0 Å². The monoisotopic (exact) mass is 294 g/mol. The van der Waals surface area contributed by atoms with E-state index in [1.165, 1.54) is 0 Å². The zero-order chi connectivity index (χ0) is 16.0. The molecule has 0 spiro atoms. The van der Waals surface area contributed by atoms with Gasteiger partial charge < -0.3 is 20.1 Å². The quantitative estimate of drug-likeness (QED) is 0.787. The predicted octanol–water partition coefficient (Wildman–Crippen LogP) is 0.975. The first-order chi connectivity index (χ1) is 9.73. The molecular formula is C16H26N2O3. The van der Waals surface area contributed by atoms with E-state index in [0.29, 0.717) is 6.54 Å². The summed E-state index contributed by atoms with van der Waals surface area (Å²) < 4.78 is 5.25. The minimum atomic E-state index is -0.940. The summed E-state index contributed by atoms with van der Waals surface area (Å²) in [5, 5.41) is 12.9. The minimum absolute atomic E-state index is 0.111. The van der Waals surface area contributed by atoms with Crippen molar-refractivity contribution in [3.05, 3.63) is 29.3 Å². The Kier molecular flexibility index (Phi) is 6.18. The molecule has 0 aliphatic carbocycles. The third-order valence-electron chi connectivity index (χ3n) is 3.16. The summed E-state index contributed by atoms with van der Waals surface area (Å²) in [5.41, 5.74) is 0.988. The normalized spacial score (nSPS) is 13.9. The third-order valence-corrected chi connectivity index (χ3v) is 3.16. The van der Waals surface area contributed by atoms with Crippen LogP contribution in [0.4, 0.5) is 0 Å². The van der Waals surface area contributed by atoms with Crippen molar-refractivity contribution < 1.29 is 14.6 Å². The molecule has 0 saturated heterocycles. The highest BCUT2D eigenvalue weighted by molar-refractivity contribution is 5.78. The first-order valence-corrected chi connectivity index (χ1v) is 7.01. The Balaban J connectivity index is 2.54. The standard InChI is InChI=1S/C16H26N2O3/c1-12-6-7-13(8-14(12)21-5)9-15(19)17-10-16(2,20)11-18(3)4/h6-8,20H,9-11H2,1-5H3,(H,17,19). The fourth-order valence-electron chi connectivity index (χ4n) is 2.25. The number of carbonyl (C=O) groups excluding carboxylic acids is 1. The van der Waals surface area contributed by atoms with Crippen LogP contribution in [-0.2, 0) is 11.2 Å². The van der Waals surface area contributed by atoms with Crippen LogP contribution in [0.5, 0.6) is 5.75 Å². The number of hydrogen-bond donors (Lipinski definition) is 2. The SMILES string of the molecule is COc1cc(CC(=O)NCC(C)(O)CN(C)C)ccc1C. The number of amides is 1. The third kappa shape index (κ3) is 6.14. The number of likely N-dealkylation sites (N-methyl/N-ethyl adjacent to an activating group) is 1. The summed E-state index contributed by atoms with van der Waals surface area (Å²) in [4.78, 5) is 13.8. The molecule has 118 valence electrons. The lowest BCUT2D eigenvalue weighted by molar-refractivity contribution is -0.121. The summed E-state index contributed by atoms with van der Waals surface area (Å²) in [6, 6.07) is 5.71. The van der Waals surface area contributed by atoms with Gasteiger partial charge >= 0.3 is 0 Å². The molecule has 1 amide bonds. The van der Waals surface area contributed by atoms with Crippen molar-refractivity contribution in [2.24, 2.45) is 0 Å². The molecule has 0 saturated carbocycles. The summed E-state index contributed by atoms with van der Waals surface area (Å²) in [6.07, 6.45) is 0.273. The number of nitrogens with zero attached hydrogens (tertiary/aromatic N) is 1. The fourth-order valence-corrected chi connectivity index (χ4v) is 2.25. The Bertz CT molecular complexity index is 484. The van der Waals surface area contributed by atoms with Gasteiger partial charge in [0.15, 0.2) is 0 Å². The van der Waals surface area contributed by atoms with Gasteiger partial charge in [-0.05, 0) is 45.1 Å². The van der Waals surface area contributed by atoms with E-state index in [1.54, 1.807) is 14.0 Å². The number of nitrogens with one attached hydrogen (secondary N) is 1. The van der Waals surface area contributed by atoms with Crippen LogP contribution < -0.4 is 10.1 Å². The van der Waals surface area contributed by atoms with Crippen molar-refractivity contribution >= 4 is 5.91 Å². The van der Waals surface area contributed by atoms with Gasteiger partial charge in [0, 0.05) is 13.1 Å². The molecule has 21 heavy (non-hydrogen) atoms. The number of methoxy groups -OCH3 is 1. The van der Waals surface area contributed by atoms with Crippen molar-refractivity contribution in [1.29, 1.82) is 0 Å². The number of aryl methyl sites for hydroxylation is 1. The molecule has 5 heteroatoms. The topological polar surface area (TPSA) is 61.8 Å². The largest absolute Gasteiger partial charge is 0.496 e. The summed E-state index contributed by atoms with van der Waals surface area (Å²) in [6.45, 7) is 4.39. The number of aliphatic hydroxyl groups is 1. The molecule has 1 unspecified atom stereocenters. The van der Waals surface area contributed by atoms with Crippen molar-refractivity contribution in [3.63, 3.8) is 0 Å². The molecule has 1 rings (SSSR count). The number of hydrogen-bond acceptors (Lipinski definition) is 4. The van der Waals surface area contributed by atoms with Gasteiger partial charge in [-0.1, -0.05) is 12.1 Å². The van der Waals surface area contributed by atoms with E-state index in [-0.39, 0.29) is 18.9 Å². The van der Waals surface area contributed by atoms with Crippen LogP contribution >= 0.6 is 0 Å². The first-order valence-electron chi connectivity index (χ1n) is 7.01. The Morgan fingerprint density at radius 2 is 2.10 bits per heavy atom. The molecule has 0 aliphatic rings. The molecule has 0 aromatic heterocycles. The first kappa shape index (κ1) is 17.5. The highest BCUT2D eigenvalue weighted by atomic mass is 16.5. The van der Waals surface area contributed by atoms with Crippen LogP contribution in [0.3, 0.4) is 0 Å². The zero-order valence-corrected chi connectivity index (χ0v) is 13.6. The van der Waals surface area contributed by atoms with Gasteiger partial charge in [-0.2, -0.15) is 0 Å². The van der Waals surface area contributed by atoms with Gasteiger partial charge in [-0.3, -0.25) is 4.79 Å². The molecule has 0 fully saturated rings. The maximum atomic E-state index is 12.0. The number of ether oxygens (including phenoxy) is 1. The van der Waals surface area contributed by atoms with Gasteiger partial charge in [0.25, 0.3) is 0 Å². The van der Waals surface area contributed by atoms with Crippen LogP contribution in [0, 0.1) is 6.92 Å². The van der Waals surface area contributed by atoms with Crippen LogP contribution in [0.2, 0.25) is 0 Å². The molecule has 2 N–H and O–H groups in total. The molecule has 1 aromatic rings. The van der Waals surface area contributed by atoms with E-state index in [4.69, 9.17) is 4.74 Å². The average molecular weight is 294 g/mol. The lowest BCUT2D eigenvalue weighted by Crippen LogP contribution is -2.47. The highest BCUT2D eigenvalue weighted by Gasteiger charge is 2.22. The van der Waals surface area contributed by atoms with E-state index < -0.39 is 5.60 Å². The summed E-state index contributed by atoms with van der Waals surface area (Å²) >= 11 is 0. The molecule has 0 bridgehead atoms. The number of benzene rings is 1. The van der Waals surface area contributed by atoms with Gasteiger partial charge in [0.05, 0.1) is 19.1 Å². The smallest absolute Gasteiger partial charge is 0.224 e. The predicted molar refractivity (Wildman–Crippen MR) is 83.6 cm³/mol. The van der Waals surface area contributed by atoms with Gasteiger partial charge in [-0.25, -0.2) is 0 Å². The van der Waals surface area contributed by atoms with E-state index in [0.717, 1.165) is 16.9 Å². The number of carbonyl (C=O) groups is 1. The molecule has 0 aliphatic heterocycles. The Labute approximate surface area is 126 Å². The lowest BCUT2D eigenvalue weighted by Gasteiger charge is -2.27. The Hall–Kier alpha value is -1.59. The fraction of sp³-hybridized carbons (Fsp3) is 0.562. The zero-order valence-electron chi connectivity index (χ0n) is 13.6. The molecule has 0 heterocycles. The van der Waals surface area contributed by atoms with Crippen molar-refractivity contribution in [2.75, 3.05) is 34.3 Å². The van der Waals surface area contributed by atoms with Crippen molar-refractivity contribution in [2.45, 2.75) is 25.9 Å². The summed E-state index contributed by atoms with van der Waals surface area (Å²) in [5.74, 6) is 0.667. The second kappa shape index (κ2) is 7.43. The van der Waals surface area contributed by atoms with Crippen molar-refractivity contribution in [1.82, 2.24) is 10.2 Å².